The standard InChI is InChI=1S/C11H16N4/c1-4-11(3,12)10-14-8-7(2)5-6-13-9(8)15-10/h5-6H,4,12H2,1-3H3,(H,13,14,15). The molecule has 1 unspecified atom stereocenters. The first-order valence-corrected chi connectivity index (χ1v) is 5.15. The van der Waals surface area contributed by atoms with Crippen molar-refractivity contribution in [3.63, 3.8) is 0 Å². The van der Waals surface area contributed by atoms with Crippen LogP contribution in [0.3, 0.4) is 0 Å². The molecule has 15 heavy (non-hydrogen) atoms. The van der Waals surface area contributed by atoms with Crippen LogP contribution in [0.1, 0.15) is 31.7 Å². The molecule has 0 radical (unpaired) electrons. The maximum atomic E-state index is 6.13. The number of pyridine rings is 1. The van der Waals surface area contributed by atoms with E-state index in [0.29, 0.717) is 0 Å². The fourth-order valence-electron chi connectivity index (χ4n) is 1.47. The number of nitrogens with zero attached hydrogens (tertiary/aromatic N) is 2. The summed E-state index contributed by atoms with van der Waals surface area (Å²) in [5.74, 6) is 0.807. The van der Waals surface area contributed by atoms with Gasteiger partial charge in [-0.15, -0.1) is 0 Å². The van der Waals surface area contributed by atoms with Gasteiger partial charge in [-0.3, -0.25) is 0 Å². The second-order valence-corrected chi connectivity index (χ2v) is 4.18. The van der Waals surface area contributed by atoms with E-state index in [4.69, 9.17) is 5.73 Å². The summed E-state index contributed by atoms with van der Waals surface area (Å²) in [4.78, 5) is 11.9. The van der Waals surface area contributed by atoms with Crippen molar-refractivity contribution >= 4 is 11.2 Å². The van der Waals surface area contributed by atoms with E-state index in [9.17, 15) is 0 Å². The summed E-state index contributed by atoms with van der Waals surface area (Å²) in [5, 5.41) is 0. The first-order chi connectivity index (χ1) is 7.04. The molecule has 4 heteroatoms. The average molecular weight is 204 g/mol. The minimum atomic E-state index is -0.410. The van der Waals surface area contributed by atoms with E-state index in [-0.39, 0.29) is 0 Å². The molecule has 2 aromatic rings. The van der Waals surface area contributed by atoms with Gasteiger partial charge in [0.1, 0.15) is 5.82 Å². The van der Waals surface area contributed by atoms with Crippen molar-refractivity contribution in [2.75, 3.05) is 0 Å². The number of H-pyrrole nitrogens is 1. The third kappa shape index (κ3) is 1.61. The zero-order chi connectivity index (χ0) is 11.1. The van der Waals surface area contributed by atoms with Gasteiger partial charge in [-0.2, -0.15) is 0 Å². The smallest absolute Gasteiger partial charge is 0.178 e. The highest BCUT2D eigenvalue weighted by molar-refractivity contribution is 5.74. The Balaban J connectivity index is 2.62. The Bertz CT molecular complexity index is 484. The predicted octanol–water partition coefficient (Wildman–Crippen LogP) is 1.85. The number of fused-ring (bicyclic) bond motifs is 1. The SMILES string of the molecule is CCC(C)(N)c1nc2nccc(C)c2[nH]1. The molecule has 0 saturated carbocycles. The van der Waals surface area contributed by atoms with Crippen molar-refractivity contribution < 1.29 is 0 Å². The minimum Gasteiger partial charge on any atom is -0.339 e. The molecule has 1 atom stereocenters. The first kappa shape index (κ1) is 10.1. The van der Waals surface area contributed by atoms with Crippen LogP contribution in [-0.2, 0) is 5.54 Å². The molecule has 2 aromatic heterocycles. The zero-order valence-corrected chi connectivity index (χ0v) is 9.33. The van der Waals surface area contributed by atoms with Gasteiger partial charge in [0.15, 0.2) is 5.65 Å². The topological polar surface area (TPSA) is 67.6 Å². The monoisotopic (exact) mass is 204 g/mol. The number of hydrogen-bond donors (Lipinski definition) is 2. The Morgan fingerprint density at radius 2 is 2.27 bits per heavy atom. The molecule has 0 bridgehead atoms. The molecule has 80 valence electrons. The molecule has 0 amide bonds. The Hall–Kier alpha value is -1.42. The lowest BCUT2D eigenvalue weighted by atomic mass is 10.0. The molecular weight excluding hydrogens is 188 g/mol. The summed E-state index contributed by atoms with van der Waals surface area (Å²) in [6.45, 7) is 6.05. The third-order valence-corrected chi connectivity index (χ3v) is 2.88. The second-order valence-electron chi connectivity index (χ2n) is 4.18. The van der Waals surface area contributed by atoms with Gasteiger partial charge >= 0.3 is 0 Å². The van der Waals surface area contributed by atoms with Gasteiger partial charge < -0.3 is 10.7 Å². The van der Waals surface area contributed by atoms with Crippen molar-refractivity contribution in [1.29, 1.82) is 0 Å². The summed E-state index contributed by atoms with van der Waals surface area (Å²) in [6.07, 6.45) is 2.61. The highest BCUT2D eigenvalue weighted by Crippen LogP contribution is 2.22. The Morgan fingerprint density at radius 3 is 2.87 bits per heavy atom. The van der Waals surface area contributed by atoms with E-state index in [1.807, 2.05) is 26.8 Å². The normalized spacial score (nSPS) is 15.5. The number of hydrogen-bond acceptors (Lipinski definition) is 3. The maximum Gasteiger partial charge on any atom is 0.178 e. The molecule has 4 nitrogen and oxygen atoms in total. The van der Waals surface area contributed by atoms with Crippen LogP contribution in [0.4, 0.5) is 0 Å². The lowest BCUT2D eigenvalue weighted by molar-refractivity contribution is 0.451. The summed E-state index contributed by atoms with van der Waals surface area (Å²) in [5.41, 5.74) is 8.59. The van der Waals surface area contributed by atoms with Crippen LogP contribution < -0.4 is 5.73 Å². The summed E-state index contributed by atoms with van der Waals surface area (Å²) in [6, 6.07) is 1.96. The Morgan fingerprint density at radius 1 is 1.53 bits per heavy atom. The Kier molecular flexibility index (Phi) is 2.23. The van der Waals surface area contributed by atoms with E-state index in [1.54, 1.807) is 6.20 Å². The van der Waals surface area contributed by atoms with Crippen molar-refractivity contribution in [3.8, 4) is 0 Å². The number of aromatic amines is 1. The van der Waals surface area contributed by atoms with Crippen LogP contribution in [0.25, 0.3) is 11.2 Å². The van der Waals surface area contributed by atoms with Gasteiger partial charge in [0.2, 0.25) is 0 Å². The fraction of sp³-hybridized carbons (Fsp3) is 0.455. The predicted molar refractivity (Wildman–Crippen MR) is 60.5 cm³/mol. The van der Waals surface area contributed by atoms with E-state index in [0.717, 1.165) is 29.0 Å². The van der Waals surface area contributed by atoms with E-state index in [1.165, 1.54) is 0 Å². The molecule has 0 aliphatic heterocycles. The number of nitrogens with two attached hydrogens (primary N) is 1. The molecule has 0 aromatic carbocycles. The third-order valence-electron chi connectivity index (χ3n) is 2.88. The van der Waals surface area contributed by atoms with E-state index < -0.39 is 5.54 Å². The molecule has 0 spiro atoms. The number of aromatic nitrogens is 3. The van der Waals surface area contributed by atoms with Gasteiger partial charge in [0.05, 0.1) is 11.1 Å². The van der Waals surface area contributed by atoms with Gasteiger partial charge in [-0.05, 0) is 31.9 Å². The Labute approximate surface area is 88.9 Å². The summed E-state index contributed by atoms with van der Waals surface area (Å²) < 4.78 is 0. The van der Waals surface area contributed by atoms with Gasteiger partial charge in [0, 0.05) is 6.20 Å². The minimum absolute atomic E-state index is 0.410. The molecule has 0 aliphatic carbocycles. The second kappa shape index (κ2) is 3.31. The molecule has 2 heterocycles. The number of aryl methyl sites for hydroxylation is 1. The van der Waals surface area contributed by atoms with Crippen molar-refractivity contribution in [2.24, 2.45) is 5.73 Å². The van der Waals surface area contributed by atoms with Crippen LogP contribution >= 0.6 is 0 Å². The first-order valence-electron chi connectivity index (χ1n) is 5.15. The zero-order valence-electron chi connectivity index (χ0n) is 9.33. The number of nitrogens with one attached hydrogen (secondary N) is 1. The molecule has 3 N–H and O–H groups in total. The van der Waals surface area contributed by atoms with Crippen molar-refractivity contribution in [3.05, 3.63) is 23.7 Å². The van der Waals surface area contributed by atoms with Crippen molar-refractivity contribution in [1.82, 2.24) is 15.0 Å². The molecule has 2 rings (SSSR count). The van der Waals surface area contributed by atoms with Crippen LogP contribution in [0.5, 0.6) is 0 Å². The van der Waals surface area contributed by atoms with Crippen LogP contribution in [0, 0.1) is 6.92 Å². The summed E-state index contributed by atoms with van der Waals surface area (Å²) in [7, 11) is 0. The highest BCUT2D eigenvalue weighted by Gasteiger charge is 2.23. The molecule has 0 fully saturated rings. The number of imidazole rings is 1. The van der Waals surface area contributed by atoms with Gasteiger partial charge in [-0.25, -0.2) is 9.97 Å². The lowest BCUT2D eigenvalue weighted by Gasteiger charge is -2.18. The van der Waals surface area contributed by atoms with Crippen LogP contribution in [-0.4, -0.2) is 15.0 Å². The maximum absolute atomic E-state index is 6.13. The highest BCUT2D eigenvalue weighted by atomic mass is 15.0. The van der Waals surface area contributed by atoms with E-state index >= 15 is 0 Å². The largest absolute Gasteiger partial charge is 0.339 e. The average Bonchev–Trinajstić information content (AvgIpc) is 2.64. The lowest BCUT2D eigenvalue weighted by Crippen LogP contribution is -2.33. The molecular formula is C11H16N4. The summed E-state index contributed by atoms with van der Waals surface area (Å²) >= 11 is 0. The number of rotatable bonds is 2. The van der Waals surface area contributed by atoms with Crippen LogP contribution in [0.2, 0.25) is 0 Å². The van der Waals surface area contributed by atoms with Gasteiger partial charge in [0.25, 0.3) is 0 Å². The van der Waals surface area contributed by atoms with Crippen LogP contribution in [0.15, 0.2) is 12.3 Å². The quantitative estimate of drug-likeness (QED) is 0.784. The van der Waals surface area contributed by atoms with E-state index in [2.05, 4.69) is 15.0 Å². The van der Waals surface area contributed by atoms with Gasteiger partial charge in [-0.1, -0.05) is 6.92 Å². The van der Waals surface area contributed by atoms with Crippen molar-refractivity contribution in [2.45, 2.75) is 32.7 Å². The fourth-order valence-corrected chi connectivity index (χ4v) is 1.47. The molecule has 0 saturated heterocycles. The molecule has 0 aliphatic rings.